The van der Waals surface area contributed by atoms with Crippen LogP contribution >= 0.6 is 11.3 Å². The molecule has 1 aromatic carbocycles. The fraction of sp³-hybridized carbons (Fsp3) is 0.318. The molecule has 0 bridgehead atoms. The second kappa shape index (κ2) is 8.31. The van der Waals surface area contributed by atoms with Crippen molar-refractivity contribution in [2.45, 2.75) is 46.1 Å². The molecule has 0 radical (unpaired) electrons. The molecule has 0 saturated heterocycles. The summed E-state index contributed by atoms with van der Waals surface area (Å²) in [4.78, 5) is 26.0. The first-order chi connectivity index (χ1) is 14.4. The second-order valence-corrected chi connectivity index (χ2v) is 8.46. The number of ether oxygens (including phenoxy) is 1. The predicted molar refractivity (Wildman–Crippen MR) is 114 cm³/mol. The Morgan fingerprint density at radius 3 is 2.80 bits per heavy atom. The minimum absolute atomic E-state index is 0.301. The van der Waals surface area contributed by atoms with Gasteiger partial charge in [-0.15, -0.1) is 11.3 Å². The lowest BCUT2D eigenvalue weighted by atomic mass is 9.95. The maximum atomic E-state index is 12.9. The summed E-state index contributed by atoms with van der Waals surface area (Å²) in [5.74, 6) is 0.463. The highest BCUT2D eigenvalue weighted by Gasteiger charge is 2.25. The number of primary amides is 1. The minimum atomic E-state index is -0.499. The van der Waals surface area contributed by atoms with E-state index >= 15 is 0 Å². The van der Waals surface area contributed by atoms with Gasteiger partial charge in [0.1, 0.15) is 23.1 Å². The van der Waals surface area contributed by atoms with Crippen LogP contribution in [0.5, 0.6) is 5.75 Å². The van der Waals surface area contributed by atoms with E-state index in [2.05, 4.69) is 10.5 Å². The van der Waals surface area contributed by atoms with E-state index in [1.807, 2.05) is 13.8 Å². The van der Waals surface area contributed by atoms with Crippen molar-refractivity contribution in [2.24, 2.45) is 5.73 Å². The molecule has 2 amide bonds. The zero-order valence-electron chi connectivity index (χ0n) is 16.9. The van der Waals surface area contributed by atoms with Crippen molar-refractivity contribution < 1.29 is 18.8 Å². The Hall–Kier alpha value is -3.13. The van der Waals surface area contributed by atoms with Crippen LogP contribution < -0.4 is 15.8 Å². The molecule has 2 heterocycles. The van der Waals surface area contributed by atoms with Gasteiger partial charge in [-0.05, 0) is 63.3 Å². The quantitative estimate of drug-likeness (QED) is 0.616. The van der Waals surface area contributed by atoms with Crippen LogP contribution in [0, 0.1) is 13.8 Å². The molecular weight excluding hydrogens is 402 g/mol. The molecule has 3 aromatic rings. The number of aryl methyl sites for hydroxylation is 3. The number of anilines is 1. The highest BCUT2D eigenvalue weighted by molar-refractivity contribution is 7.17. The Labute approximate surface area is 178 Å². The van der Waals surface area contributed by atoms with Crippen LogP contribution in [0.15, 0.2) is 28.8 Å². The monoisotopic (exact) mass is 425 g/mol. The number of benzene rings is 1. The topological polar surface area (TPSA) is 107 Å². The average Bonchev–Trinajstić information content (AvgIpc) is 3.25. The lowest BCUT2D eigenvalue weighted by molar-refractivity contribution is 0.100. The summed E-state index contributed by atoms with van der Waals surface area (Å²) in [6, 6.07) is 6.92. The smallest absolute Gasteiger partial charge is 0.256 e. The summed E-state index contributed by atoms with van der Waals surface area (Å²) in [7, 11) is 0. The van der Waals surface area contributed by atoms with Crippen molar-refractivity contribution in [1.29, 1.82) is 0 Å². The third-order valence-corrected chi connectivity index (χ3v) is 6.51. The number of nitrogens with zero attached hydrogens (tertiary/aromatic N) is 1. The van der Waals surface area contributed by atoms with E-state index in [0.717, 1.165) is 47.4 Å². The summed E-state index contributed by atoms with van der Waals surface area (Å²) in [5, 5.41) is 7.32. The summed E-state index contributed by atoms with van der Waals surface area (Å²) < 4.78 is 11.0. The Morgan fingerprint density at radius 2 is 2.07 bits per heavy atom. The fourth-order valence-corrected chi connectivity index (χ4v) is 4.97. The van der Waals surface area contributed by atoms with Crippen LogP contribution in [0.2, 0.25) is 0 Å². The van der Waals surface area contributed by atoms with E-state index in [1.54, 1.807) is 24.3 Å². The Kier molecular flexibility index (Phi) is 5.59. The standard InChI is InChI=1S/C22H23N3O4S/c1-12-17(13(2)29-25-12)11-28-15-7-5-6-14(10-15)21(27)24-22-19(20(23)26)16-8-3-4-9-18(16)30-22/h5-7,10H,3-4,8-9,11H2,1-2H3,(H2,23,26)(H,24,27). The molecule has 3 N–H and O–H groups in total. The first-order valence-electron chi connectivity index (χ1n) is 9.84. The lowest BCUT2D eigenvalue weighted by Crippen LogP contribution is -2.18. The van der Waals surface area contributed by atoms with E-state index in [9.17, 15) is 9.59 Å². The highest BCUT2D eigenvalue weighted by atomic mass is 32.1. The molecule has 0 aliphatic heterocycles. The van der Waals surface area contributed by atoms with Crippen molar-refractivity contribution >= 4 is 28.2 Å². The normalized spacial score (nSPS) is 13.0. The number of hydrogen-bond donors (Lipinski definition) is 2. The van der Waals surface area contributed by atoms with Gasteiger partial charge in [0, 0.05) is 10.4 Å². The molecule has 0 fully saturated rings. The van der Waals surface area contributed by atoms with Gasteiger partial charge in [0.05, 0.1) is 16.8 Å². The van der Waals surface area contributed by atoms with E-state index in [1.165, 1.54) is 11.3 Å². The Balaban J connectivity index is 1.51. The molecule has 2 aromatic heterocycles. The Morgan fingerprint density at radius 1 is 1.27 bits per heavy atom. The van der Waals surface area contributed by atoms with E-state index in [0.29, 0.717) is 34.2 Å². The molecule has 0 saturated carbocycles. The number of nitrogens with one attached hydrogen (secondary N) is 1. The van der Waals surface area contributed by atoms with Gasteiger partial charge in [-0.1, -0.05) is 11.2 Å². The Bertz CT molecular complexity index is 1100. The summed E-state index contributed by atoms with van der Waals surface area (Å²) >= 11 is 1.45. The van der Waals surface area contributed by atoms with Crippen LogP contribution in [0.1, 0.15) is 61.0 Å². The van der Waals surface area contributed by atoms with Gasteiger partial charge < -0.3 is 20.3 Å². The first kappa shape index (κ1) is 20.2. The number of thiophene rings is 1. The van der Waals surface area contributed by atoms with Gasteiger partial charge in [-0.2, -0.15) is 0 Å². The van der Waals surface area contributed by atoms with E-state index in [-0.39, 0.29) is 5.91 Å². The summed E-state index contributed by atoms with van der Waals surface area (Å²) in [5.41, 5.74) is 9.17. The van der Waals surface area contributed by atoms with Crippen LogP contribution in [-0.4, -0.2) is 17.0 Å². The zero-order valence-corrected chi connectivity index (χ0v) is 17.7. The molecular formula is C22H23N3O4S. The van der Waals surface area contributed by atoms with Gasteiger partial charge >= 0.3 is 0 Å². The maximum absolute atomic E-state index is 12.9. The van der Waals surface area contributed by atoms with E-state index in [4.69, 9.17) is 15.0 Å². The molecule has 4 rings (SSSR count). The summed E-state index contributed by atoms with van der Waals surface area (Å²) in [6.45, 7) is 3.99. The van der Waals surface area contributed by atoms with Gasteiger partial charge in [0.15, 0.2) is 0 Å². The van der Waals surface area contributed by atoms with Crippen LogP contribution in [0.4, 0.5) is 5.00 Å². The fourth-order valence-electron chi connectivity index (χ4n) is 3.68. The highest BCUT2D eigenvalue weighted by Crippen LogP contribution is 2.38. The predicted octanol–water partition coefficient (Wildman–Crippen LogP) is 4.16. The molecule has 0 spiro atoms. The largest absolute Gasteiger partial charge is 0.489 e. The van der Waals surface area contributed by atoms with Crippen LogP contribution in [-0.2, 0) is 19.4 Å². The molecule has 8 heteroatoms. The minimum Gasteiger partial charge on any atom is -0.489 e. The number of amides is 2. The molecule has 1 aliphatic rings. The van der Waals surface area contributed by atoms with Crippen LogP contribution in [0.3, 0.4) is 0 Å². The number of fused-ring (bicyclic) bond motifs is 1. The maximum Gasteiger partial charge on any atom is 0.256 e. The molecule has 0 atom stereocenters. The van der Waals surface area contributed by atoms with Gasteiger partial charge in [0.2, 0.25) is 0 Å². The molecule has 0 unspecified atom stereocenters. The van der Waals surface area contributed by atoms with Gasteiger partial charge in [-0.25, -0.2) is 0 Å². The molecule has 7 nitrogen and oxygen atoms in total. The van der Waals surface area contributed by atoms with Crippen molar-refractivity contribution in [2.75, 3.05) is 5.32 Å². The number of carbonyl (C=O) groups is 2. The summed E-state index contributed by atoms with van der Waals surface area (Å²) in [6.07, 6.45) is 3.86. The van der Waals surface area contributed by atoms with Crippen molar-refractivity contribution in [3.63, 3.8) is 0 Å². The lowest BCUT2D eigenvalue weighted by Gasteiger charge is -2.11. The first-order valence-corrected chi connectivity index (χ1v) is 10.7. The number of carbonyl (C=O) groups excluding carboxylic acids is 2. The van der Waals surface area contributed by atoms with Gasteiger partial charge in [0.25, 0.3) is 11.8 Å². The van der Waals surface area contributed by atoms with E-state index < -0.39 is 5.91 Å². The van der Waals surface area contributed by atoms with Crippen LogP contribution in [0.25, 0.3) is 0 Å². The third-order valence-electron chi connectivity index (χ3n) is 5.31. The number of hydrogen-bond acceptors (Lipinski definition) is 6. The zero-order chi connectivity index (χ0) is 21.3. The van der Waals surface area contributed by atoms with Crippen molar-refractivity contribution in [3.05, 3.63) is 62.9 Å². The van der Waals surface area contributed by atoms with Gasteiger partial charge in [-0.3, -0.25) is 9.59 Å². The second-order valence-electron chi connectivity index (χ2n) is 7.35. The molecule has 30 heavy (non-hydrogen) atoms. The van der Waals surface area contributed by atoms with Crippen molar-refractivity contribution in [1.82, 2.24) is 5.16 Å². The third kappa shape index (κ3) is 3.95. The molecule has 1 aliphatic carbocycles. The number of aromatic nitrogens is 1. The number of nitrogens with two attached hydrogens (primary N) is 1. The average molecular weight is 426 g/mol. The van der Waals surface area contributed by atoms with Crippen molar-refractivity contribution in [3.8, 4) is 5.75 Å². The SMILES string of the molecule is Cc1noc(C)c1COc1cccc(C(=O)Nc2sc3c(c2C(N)=O)CCCC3)c1. The number of rotatable bonds is 6. The molecule has 156 valence electrons.